The number of H-pyrrole nitrogens is 1. The number of nitrogens with zero attached hydrogens (tertiary/aromatic N) is 1. The Balaban J connectivity index is 0.000000527. The van der Waals surface area contributed by atoms with Crippen molar-refractivity contribution in [3.8, 4) is 28.1 Å². The summed E-state index contributed by atoms with van der Waals surface area (Å²) in [4.78, 5) is 3.52. The number of aromatic nitrogens is 2. The molecule has 2 heterocycles. The van der Waals surface area contributed by atoms with Gasteiger partial charge in [0.2, 0.25) is 0 Å². The minimum Gasteiger partial charge on any atom is -0.361 e. The zero-order valence-electron chi connectivity index (χ0n) is 36.5. The van der Waals surface area contributed by atoms with Gasteiger partial charge in [-0.3, -0.25) is 0 Å². The molecule has 0 fully saturated rings. The molecule has 0 bridgehead atoms. The van der Waals surface area contributed by atoms with Gasteiger partial charge in [0.15, 0.2) is 0 Å². The van der Waals surface area contributed by atoms with Crippen molar-refractivity contribution in [3.05, 3.63) is 203 Å². The molecule has 1 N–H and O–H groups in total. The molecule has 2 nitrogen and oxygen atoms in total. The van der Waals surface area contributed by atoms with Gasteiger partial charge in [-0.1, -0.05) is 162 Å². The first-order valence-corrected chi connectivity index (χ1v) is 21.6. The monoisotopic (exact) mass is 772 g/mol. The Hall–Kier alpha value is -6.12. The number of hydrogen-bond donors (Lipinski definition) is 1. The van der Waals surface area contributed by atoms with E-state index in [4.69, 9.17) is 0 Å². The maximum atomic E-state index is 3.52. The Kier molecular flexibility index (Phi) is 12.4. The van der Waals surface area contributed by atoms with E-state index in [0.717, 1.165) is 12.8 Å². The highest BCUT2D eigenvalue weighted by Gasteiger charge is 2.36. The minimum atomic E-state index is 0.00235. The standard InChI is InChI=1S/C48H46N2.C7H8.C2H6/c1-7-31(2)38-23-21-35(29-40(38)37-17-11-9-15-33(37)4)32(3)14-8-10-16-34-20-25-46-41(28-34)39-18-12-13-19-45(39)50(46)36-22-24-43-42(30-36)47-44(26-27-49-47)48(43,5)6;1-7-5-3-2-4-6-7;1-2/h8-15,17-31,49H,7,16H2,1-6H3;2-6H,1H3;1-2H3/b10-8-,32-14+;;. The van der Waals surface area contributed by atoms with Crippen molar-refractivity contribution in [2.24, 2.45) is 0 Å². The number of benzene rings is 6. The molecule has 1 unspecified atom stereocenters. The number of nitrogens with one attached hydrogen (secondary N) is 1. The van der Waals surface area contributed by atoms with Gasteiger partial charge >= 0.3 is 0 Å². The highest BCUT2D eigenvalue weighted by Crippen LogP contribution is 2.49. The van der Waals surface area contributed by atoms with E-state index < -0.39 is 0 Å². The first-order chi connectivity index (χ1) is 28.7. The molecule has 6 aromatic carbocycles. The molecule has 0 radical (unpaired) electrons. The molecule has 1 aliphatic carbocycles. The highest BCUT2D eigenvalue weighted by molar-refractivity contribution is 6.09. The van der Waals surface area contributed by atoms with Gasteiger partial charge in [-0.05, 0) is 132 Å². The third-order valence-electron chi connectivity index (χ3n) is 12.2. The number of para-hydroxylation sites is 1. The van der Waals surface area contributed by atoms with E-state index in [2.05, 4.69) is 204 Å². The average Bonchev–Trinajstić information content (AvgIpc) is 3.95. The number of fused-ring (bicyclic) bond motifs is 6. The zero-order valence-corrected chi connectivity index (χ0v) is 36.5. The second-order valence-corrected chi connectivity index (χ2v) is 16.4. The van der Waals surface area contributed by atoms with Crippen LogP contribution in [0.25, 0.3) is 55.5 Å². The third-order valence-corrected chi connectivity index (χ3v) is 12.2. The summed E-state index contributed by atoms with van der Waals surface area (Å²) in [5.41, 5.74) is 19.6. The van der Waals surface area contributed by atoms with Gasteiger partial charge in [-0.2, -0.15) is 0 Å². The second kappa shape index (κ2) is 17.8. The van der Waals surface area contributed by atoms with E-state index in [1.165, 1.54) is 94.4 Å². The Morgan fingerprint density at radius 2 is 1.42 bits per heavy atom. The molecule has 2 aromatic heterocycles. The second-order valence-electron chi connectivity index (χ2n) is 16.4. The highest BCUT2D eigenvalue weighted by atomic mass is 15.0. The van der Waals surface area contributed by atoms with Gasteiger partial charge < -0.3 is 9.55 Å². The SMILES string of the molecule is CC.CCC(C)c1ccc(/C(C)=C/C=C\Cc2ccc3c(c2)c2ccccc2n3-c2ccc3c(c2)-c2[nH]ccc2C3(C)C)cc1-c1ccccc1C.Cc1ccccc1. The number of hydrogen-bond acceptors (Lipinski definition) is 0. The molecular formula is C57H60N2. The Morgan fingerprint density at radius 3 is 2.17 bits per heavy atom. The van der Waals surface area contributed by atoms with Crippen LogP contribution in [0.3, 0.4) is 0 Å². The summed E-state index contributed by atoms with van der Waals surface area (Å²) < 4.78 is 2.43. The summed E-state index contributed by atoms with van der Waals surface area (Å²) >= 11 is 0. The molecule has 0 amide bonds. The van der Waals surface area contributed by atoms with Crippen molar-refractivity contribution in [2.45, 2.75) is 86.5 Å². The van der Waals surface area contributed by atoms with Crippen molar-refractivity contribution in [3.63, 3.8) is 0 Å². The molecule has 0 saturated heterocycles. The number of aryl methyl sites for hydroxylation is 2. The lowest BCUT2D eigenvalue weighted by Gasteiger charge is -2.20. The maximum absolute atomic E-state index is 3.52. The number of allylic oxidation sites excluding steroid dienone is 4. The van der Waals surface area contributed by atoms with Crippen molar-refractivity contribution >= 4 is 27.4 Å². The van der Waals surface area contributed by atoms with Crippen LogP contribution in [0, 0.1) is 13.8 Å². The Bertz CT molecular complexity index is 2770. The van der Waals surface area contributed by atoms with Crippen LogP contribution in [0.1, 0.15) is 99.7 Å². The lowest BCUT2D eigenvalue weighted by Crippen LogP contribution is -2.14. The van der Waals surface area contributed by atoms with E-state index in [-0.39, 0.29) is 5.41 Å². The van der Waals surface area contributed by atoms with Crippen LogP contribution in [-0.2, 0) is 11.8 Å². The largest absolute Gasteiger partial charge is 0.361 e. The summed E-state index contributed by atoms with van der Waals surface area (Å²) in [5.74, 6) is 0.516. The van der Waals surface area contributed by atoms with Crippen LogP contribution < -0.4 is 0 Å². The molecule has 9 rings (SSSR count). The Labute approximate surface area is 353 Å². The summed E-state index contributed by atoms with van der Waals surface area (Å²) in [6.45, 7) is 19.8. The van der Waals surface area contributed by atoms with Crippen LogP contribution in [-0.4, -0.2) is 9.55 Å². The van der Waals surface area contributed by atoms with Gasteiger partial charge in [-0.25, -0.2) is 0 Å². The van der Waals surface area contributed by atoms with Crippen LogP contribution in [0.2, 0.25) is 0 Å². The van der Waals surface area contributed by atoms with E-state index in [1.54, 1.807) is 0 Å². The van der Waals surface area contributed by atoms with Crippen molar-refractivity contribution in [2.75, 3.05) is 0 Å². The van der Waals surface area contributed by atoms with Gasteiger partial charge in [0, 0.05) is 39.3 Å². The average molecular weight is 773 g/mol. The molecule has 59 heavy (non-hydrogen) atoms. The quantitative estimate of drug-likeness (QED) is 0.149. The molecule has 8 aromatic rings. The molecular weight excluding hydrogens is 713 g/mol. The molecule has 0 aliphatic heterocycles. The lowest BCUT2D eigenvalue weighted by atomic mass is 9.83. The molecule has 1 atom stereocenters. The molecule has 1 aliphatic rings. The van der Waals surface area contributed by atoms with Gasteiger partial charge in [0.25, 0.3) is 0 Å². The van der Waals surface area contributed by atoms with Crippen LogP contribution in [0.15, 0.2) is 164 Å². The predicted molar refractivity (Wildman–Crippen MR) is 257 cm³/mol. The first-order valence-electron chi connectivity index (χ1n) is 21.6. The Morgan fingerprint density at radius 1 is 0.695 bits per heavy atom. The van der Waals surface area contributed by atoms with Gasteiger partial charge in [0.05, 0.1) is 11.0 Å². The number of rotatable bonds is 8. The predicted octanol–water partition coefficient (Wildman–Crippen LogP) is 16.1. The molecule has 0 spiro atoms. The minimum absolute atomic E-state index is 0.00235. The zero-order chi connectivity index (χ0) is 41.7. The van der Waals surface area contributed by atoms with Crippen molar-refractivity contribution < 1.29 is 0 Å². The summed E-state index contributed by atoms with van der Waals surface area (Å²) in [6, 6.07) is 51.1. The van der Waals surface area contributed by atoms with E-state index >= 15 is 0 Å². The van der Waals surface area contributed by atoms with Crippen LogP contribution >= 0.6 is 0 Å². The fourth-order valence-electron chi connectivity index (χ4n) is 8.71. The molecule has 0 saturated carbocycles. The van der Waals surface area contributed by atoms with E-state index in [0.29, 0.717) is 5.92 Å². The summed E-state index contributed by atoms with van der Waals surface area (Å²) in [6.07, 6.45) is 10.8. The number of aromatic amines is 1. The van der Waals surface area contributed by atoms with Gasteiger partial charge in [0.1, 0.15) is 0 Å². The topological polar surface area (TPSA) is 20.7 Å². The third kappa shape index (κ3) is 8.15. The van der Waals surface area contributed by atoms with E-state index in [1.807, 2.05) is 32.0 Å². The van der Waals surface area contributed by atoms with Crippen molar-refractivity contribution in [1.29, 1.82) is 0 Å². The van der Waals surface area contributed by atoms with Gasteiger partial charge in [-0.15, -0.1) is 0 Å². The van der Waals surface area contributed by atoms with Crippen LogP contribution in [0.4, 0.5) is 0 Å². The molecule has 2 heteroatoms. The lowest BCUT2D eigenvalue weighted by molar-refractivity contribution is 0.661. The van der Waals surface area contributed by atoms with E-state index in [9.17, 15) is 0 Å². The first kappa shape index (κ1) is 41.1. The normalized spacial score (nSPS) is 13.4. The maximum Gasteiger partial charge on any atom is 0.0541 e. The molecule has 298 valence electrons. The van der Waals surface area contributed by atoms with Crippen LogP contribution in [0.5, 0.6) is 0 Å². The fourth-order valence-corrected chi connectivity index (χ4v) is 8.71. The summed E-state index contributed by atoms with van der Waals surface area (Å²) in [5, 5.41) is 2.58. The van der Waals surface area contributed by atoms with Crippen molar-refractivity contribution in [1.82, 2.24) is 9.55 Å². The fraction of sp³-hybridized carbons (Fsp3) is 0.228. The smallest absolute Gasteiger partial charge is 0.0541 e. The summed E-state index contributed by atoms with van der Waals surface area (Å²) in [7, 11) is 0.